The highest BCUT2D eigenvalue weighted by Gasteiger charge is 2.27. The van der Waals surface area contributed by atoms with E-state index in [0.717, 1.165) is 22.5 Å². The van der Waals surface area contributed by atoms with Crippen LogP contribution in [0, 0.1) is 0 Å². The fraction of sp³-hybridized carbons (Fsp3) is 0.300. The van der Waals surface area contributed by atoms with Gasteiger partial charge in [-0.2, -0.15) is 0 Å². The molecule has 4 rings (SSSR count). The van der Waals surface area contributed by atoms with Crippen LogP contribution in [0.4, 0.5) is 4.79 Å². The van der Waals surface area contributed by atoms with Gasteiger partial charge in [-0.3, -0.25) is 0 Å². The number of esters is 1. The molecule has 0 saturated carbocycles. The SMILES string of the molecule is CC(C)(C)OC(=O)NC(CCc1nc2cc(Cl)c(Cl)cc2n1Cc1ccccc1)C(=O)OCc1ccccc1. The first-order valence-corrected chi connectivity index (χ1v) is 13.4. The number of halogens is 2. The summed E-state index contributed by atoms with van der Waals surface area (Å²) in [4.78, 5) is 30.5. The lowest BCUT2D eigenvalue weighted by molar-refractivity contribution is -0.147. The number of hydrogen-bond acceptors (Lipinski definition) is 5. The zero-order valence-corrected chi connectivity index (χ0v) is 23.6. The van der Waals surface area contributed by atoms with Gasteiger partial charge in [0.1, 0.15) is 24.1 Å². The van der Waals surface area contributed by atoms with Crippen LogP contribution in [-0.4, -0.2) is 33.3 Å². The van der Waals surface area contributed by atoms with Crippen molar-refractivity contribution in [3.8, 4) is 0 Å². The van der Waals surface area contributed by atoms with Gasteiger partial charge in [0.25, 0.3) is 0 Å². The maximum Gasteiger partial charge on any atom is 0.408 e. The zero-order valence-electron chi connectivity index (χ0n) is 22.1. The molecule has 1 unspecified atom stereocenters. The lowest BCUT2D eigenvalue weighted by Gasteiger charge is -2.23. The van der Waals surface area contributed by atoms with Gasteiger partial charge in [0.05, 0.1) is 21.1 Å². The molecule has 0 aliphatic heterocycles. The molecule has 0 radical (unpaired) electrons. The number of imidazole rings is 1. The number of fused-ring (bicyclic) bond motifs is 1. The number of aryl methyl sites for hydroxylation is 1. The average Bonchev–Trinajstić information content (AvgIpc) is 3.21. The monoisotopic (exact) mass is 567 g/mol. The molecule has 0 aliphatic carbocycles. The van der Waals surface area contributed by atoms with Crippen molar-refractivity contribution < 1.29 is 19.1 Å². The number of hydrogen-bond donors (Lipinski definition) is 1. The summed E-state index contributed by atoms with van der Waals surface area (Å²) in [7, 11) is 0. The van der Waals surface area contributed by atoms with Crippen molar-refractivity contribution in [1.82, 2.24) is 14.9 Å². The van der Waals surface area contributed by atoms with Crippen LogP contribution in [0.15, 0.2) is 72.8 Å². The highest BCUT2D eigenvalue weighted by Crippen LogP contribution is 2.29. The molecule has 3 aromatic carbocycles. The highest BCUT2D eigenvalue weighted by molar-refractivity contribution is 6.42. The molecule has 204 valence electrons. The molecule has 1 atom stereocenters. The molecule has 0 fully saturated rings. The number of aromatic nitrogens is 2. The minimum atomic E-state index is -0.944. The van der Waals surface area contributed by atoms with E-state index in [0.29, 0.717) is 28.5 Å². The number of alkyl carbamates (subject to hydrolysis) is 1. The van der Waals surface area contributed by atoms with Crippen LogP contribution < -0.4 is 5.32 Å². The number of amides is 1. The predicted octanol–water partition coefficient (Wildman–Crippen LogP) is 6.96. The topological polar surface area (TPSA) is 82.5 Å². The minimum absolute atomic E-state index is 0.0929. The second-order valence-corrected chi connectivity index (χ2v) is 11.0. The molecule has 1 aromatic heterocycles. The number of carbonyl (C=O) groups is 2. The first kappa shape index (κ1) is 28.5. The minimum Gasteiger partial charge on any atom is -0.459 e. The Morgan fingerprint density at radius 1 is 0.949 bits per heavy atom. The Morgan fingerprint density at radius 3 is 2.21 bits per heavy atom. The van der Waals surface area contributed by atoms with E-state index in [4.69, 9.17) is 37.7 Å². The molecule has 9 heteroatoms. The molecule has 7 nitrogen and oxygen atoms in total. The van der Waals surface area contributed by atoms with Gasteiger partial charge in [-0.25, -0.2) is 14.6 Å². The van der Waals surface area contributed by atoms with Gasteiger partial charge < -0.3 is 19.4 Å². The van der Waals surface area contributed by atoms with E-state index in [1.165, 1.54) is 0 Å². The fourth-order valence-corrected chi connectivity index (χ4v) is 4.42. The molecule has 0 bridgehead atoms. The summed E-state index contributed by atoms with van der Waals surface area (Å²) in [5.74, 6) is 0.167. The molecule has 1 heterocycles. The van der Waals surface area contributed by atoms with Crippen LogP contribution >= 0.6 is 23.2 Å². The summed E-state index contributed by atoms with van der Waals surface area (Å²) in [5.41, 5.74) is 2.73. The molecule has 39 heavy (non-hydrogen) atoms. The van der Waals surface area contributed by atoms with E-state index in [1.807, 2.05) is 65.2 Å². The van der Waals surface area contributed by atoms with E-state index < -0.39 is 23.7 Å². The number of carbonyl (C=O) groups excluding carboxylic acids is 2. The number of benzene rings is 3. The van der Waals surface area contributed by atoms with Crippen LogP contribution in [0.1, 0.15) is 44.1 Å². The summed E-state index contributed by atoms with van der Waals surface area (Å²) in [6, 6.07) is 21.9. The molecule has 0 saturated heterocycles. The number of nitrogens with zero attached hydrogens (tertiary/aromatic N) is 2. The molecule has 0 aliphatic rings. The molecule has 0 spiro atoms. The maximum absolute atomic E-state index is 13.1. The quantitative estimate of drug-likeness (QED) is 0.221. The molecule has 4 aromatic rings. The van der Waals surface area contributed by atoms with Gasteiger partial charge in [-0.1, -0.05) is 83.9 Å². The number of ether oxygens (including phenoxy) is 2. The molecular formula is C30H31Cl2N3O4. The summed E-state index contributed by atoms with van der Waals surface area (Å²) < 4.78 is 13.0. The Bertz CT molecular complexity index is 1430. The van der Waals surface area contributed by atoms with Crippen molar-refractivity contribution in [3.63, 3.8) is 0 Å². The molecule has 1 N–H and O–H groups in total. The van der Waals surface area contributed by atoms with E-state index >= 15 is 0 Å². The van der Waals surface area contributed by atoms with Crippen LogP contribution in [0.3, 0.4) is 0 Å². The second-order valence-electron chi connectivity index (χ2n) is 10.2. The van der Waals surface area contributed by atoms with Crippen LogP contribution in [0.25, 0.3) is 11.0 Å². The lowest BCUT2D eigenvalue weighted by atomic mass is 10.1. The third-order valence-electron chi connectivity index (χ3n) is 5.91. The number of rotatable bonds is 9. The summed E-state index contributed by atoms with van der Waals surface area (Å²) in [6.45, 7) is 5.93. The third kappa shape index (κ3) is 7.97. The van der Waals surface area contributed by atoms with Gasteiger partial charge in [0, 0.05) is 13.0 Å². The van der Waals surface area contributed by atoms with Gasteiger partial charge in [-0.15, -0.1) is 0 Å². The second kappa shape index (κ2) is 12.5. The van der Waals surface area contributed by atoms with E-state index in [9.17, 15) is 9.59 Å². The predicted molar refractivity (Wildman–Crippen MR) is 153 cm³/mol. The smallest absolute Gasteiger partial charge is 0.408 e. The van der Waals surface area contributed by atoms with Crippen molar-refractivity contribution in [3.05, 3.63) is 99.8 Å². The standard InChI is InChI=1S/C30H31Cl2N3O4/c1-30(2,3)39-29(37)34-24(28(36)38-19-21-12-8-5-9-13-21)14-15-27-33-25-16-22(31)23(32)17-26(25)35(27)18-20-10-6-4-7-11-20/h4-13,16-17,24H,14-15,18-19H2,1-3H3,(H,34,37). The highest BCUT2D eigenvalue weighted by atomic mass is 35.5. The van der Waals surface area contributed by atoms with Crippen molar-refractivity contribution in [2.45, 2.75) is 58.4 Å². The van der Waals surface area contributed by atoms with Crippen molar-refractivity contribution in [2.24, 2.45) is 0 Å². The largest absolute Gasteiger partial charge is 0.459 e. The average molecular weight is 569 g/mol. The van der Waals surface area contributed by atoms with E-state index in [1.54, 1.807) is 32.9 Å². The normalized spacial score (nSPS) is 12.2. The Labute approximate surface area is 238 Å². The van der Waals surface area contributed by atoms with Gasteiger partial charge in [-0.05, 0) is 50.5 Å². The Balaban J connectivity index is 1.58. The summed E-state index contributed by atoms with van der Waals surface area (Å²) >= 11 is 12.6. The van der Waals surface area contributed by atoms with E-state index in [-0.39, 0.29) is 13.0 Å². The number of nitrogens with one attached hydrogen (secondary N) is 1. The van der Waals surface area contributed by atoms with Crippen LogP contribution in [-0.2, 0) is 33.8 Å². The lowest BCUT2D eigenvalue weighted by Crippen LogP contribution is -2.44. The van der Waals surface area contributed by atoms with E-state index in [2.05, 4.69) is 5.32 Å². The molecule has 1 amide bonds. The van der Waals surface area contributed by atoms with Gasteiger partial charge in [0.2, 0.25) is 0 Å². The van der Waals surface area contributed by atoms with Gasteiger partial charge in [0.15, 0.2) is 0 Å². The Morgan fingerprint density at radius 2 is 1.56 bits per heavy atom. The van der Waals surface area contributed by atoms with Crippen LogP contribution in [0.5, 0.6) is 0 Å². The first-order chi connectivity index (χ1) is 18.6. The maximum atomic E-state index is 13.1. The third-order valence-corrected chi connectivity index (χ3v) is 6.63. The van der Waals surface area contributed by atoms with Crippen molar-refractivity contribution >= 4 is 46.3 Å². The summed E-state index contributed by atoms with van der Waals surface area (Å²) in [5, 5.41) is 3.53. The Hall–Kier alpha value is -3.55. The van der Waals surface area contributed by atoms with Crippen LogP contribution in [0.2, 0.25) is 10.0 Å². The van der Waals surface area contributed by atoms with Gasteiger partial charge >= 0.3 is 12.1 Å². The van der Waals surface area contributed by atoms with Crippen molar-refractivity contribution in [2.75, 3.05) is 0 Å². The first-order valence-electron chi connectivity index (χ1n) is 12.7. The summed E-state index contributed by atoms with van der Waals surface area (Å²) in [6.07, 6.45) is -0.0788. The molecular weight excluding hydrogens is 537 g/mol. The fourth-order valence-electron chi connectivity index (χ4n) is 4.10. The Kier molecular flexibility index (Phi) is 9.15. The zero-order chi connectivity index (χ0) is 28.0. The van der Waals surface area contributed by atoms with Crippen molar-refractivity contribution in [1.29, 1.82) is 0 Å².